The predicted octanol–water partition coefficient (Wildman–Crippen LogP) is 3.85. The molecule has 0 aromatic heterocycles. The monoisotopic (exact) mass is 181 g/mol. The third-order valence-electron chi connectivity index (χ3n) is 2.33. The minimum absolute atomic E-state index is 0.336. The van der Waals surface area contributed by atoms with Crippen LogP contribution in [0.25, 0.3) is 0 Å². The summed E-state index contributed by atoms with van der Waals surface area (Å²) in [6, 6.07) is 0.336. The van der Waals surface area contributed by atoms with E-state index in [1.165, 1.54) is 11.3 Å². The Kier molecular flexibility index (Phi) is 5.68. The molecule has 0 heterocycles. The van der Waals surface area contributed by atoms with Crippen molar-refractivity contribution in [2.45, 2.75) is 54.0 Å². The lowest BCUT2D eigenvalue weighted by Gasteiger charge is -2.08. The van der Waals surface area contributed by atoms with E-state index in [4.69, 9.17) is 0 Å². The fourth-order valence-electron chi connectivity index (χ4n) is 1.04. The van der Waals surface area contributed by atoms with Crippen molar-refractivity contribution in [1.29, 1.82) is 0 Å². The largest absolute Gasteiger partial charge is 0.287 e. The van der Waals surface area contributed by atoms with E-state index in [0.717, 1.165) is 6.42 Å². The molecule has 1 unspecified atom stereocenters. The highest BCUT2D eigenvalue weighted by Crippen LogP contribution is 2.05. The maximum Gasteiger partial charge on any atom is 0.0653 e. The summed E-state index contributed by atoms with van der Waals surface area (Å²) in [5, 5.41) is 0. The smallest absolute Gasteiger partial charge is 0.0653 e. The molecule has 1 nitrogen and oxygen atoms in total. The first-order chi connectivity index (χ1) is 5.97. The quantitative estimate of drug-likeness (QED) is 0.461. The van der Waals surface area contributed by atoms with E-state index in [9.17, 15) is 0 Å². The summed E-state index contributed by atoms with van der Waals surface area (Å²) in [6.07, 6.45) is 3.37. The number of aliphatic imine (C=N–C) groups is 1. The molecule has 0 fully saturated rings. The molecule has 0 N–H and O–H groups in total. The minimum Gasteiger partial charge on any atom is -0.287 e. The summed E-state index contributed by atoms with van der Waals surface area (Å²) >= 11 is 0. The van der Waals surface area contributed by atoms with Gasteiger partial charge in [-0.15, -0.1) is 0 Å². The molecular weight excluding hydrogens is 158 g/mol. The van der Waals surface area contributed by atoms with Gasteiger partial charge in [-0.3, -0.25) is 4.99 Å². The van der Waals surface area contributed by atoms with Crippen molar-refractivity contribution in [3.63, 3.8) is 0 Å². The Hall–Kier alpha value is -0.590. The summed E-state index contributed by atoms with van der Waals surface area (Å²) in [5.41, 5.74) is 2.67. The molecule has 1 atom stereocenters. The second-order valence-electron chi connectivity index (χ2n) is 4.03. The van der Waals surface area contributed by atoms with Crippen molar-refractivity contribution in [3.8, 4) is 0 Å². The van der Waals surface area contributed by atoms with Gasteiger partial charge in [-0.05, 0) is 33.1 Å². The highest BCUT2D eigenvalue weighted by molar-refractivity contribution is 5.83. The normalized spacial score (nSPS) is 16.5. The second kappa shape index (κ2) is 5.95. The maximum atomic E-state index is 4.60. The minimum atomic E-state index is 0.336. The van der Waals surface area contributed by atoms with Gasteiger partial charge in [0.25, 0.3) is 0 Å². The first kappa shape index (κ1) is 12.4. The van der Waals surface area contributed by atoms with Crippen LogP contribution in [0.5, 0.6) is 0 Å². The van der Waals surface area contributed by atoms with Crippen LogP contribution in [0, 0.1) is 5.92 Å². The van der Waals surface area contributed by atoms with Crippen LogP contribution in [0.15, 0.2) is 16.6 Å². The van der Waals surface area contributed by atoms with Crippen molar-refractivity contribution >= 4 is 5.71 Å². The number of hydrogen-bond acceptors (Lipinski definition) is 1. The van der Waals surface area contributed by atoms with Gasteiger partial charge in [-0.25, -0.2) is 0 Å². The Morgan fingerprint density at radius 3 is 2.15 bits per heavy atom. The highest BCUT2D eigenvalue weighted by atomic mass is 14.8. The molecule has 1 heteroatoms. The van der Waals surface area contributed by atoms with E-state index in [1.54, 1.807) is 0 Å². The SMILES string of the molecule is CCC(C)=CC(C)N=C(C)C(C)C. The summed E-state index contributed by atoms with van der Waals surface area (Å²) in [6.45, 7) is 13.0. The molecule has 0 rings (SSSR count). The van der Waals surface area contributed by atoms with E-state index >= 15 is 0 Å². The molecule has 0 aliphatic rings. The molecule has 13 heavy (non-hydrogen) atoms. The molecule has 76 valence electrons. The van der Waals surface area contributed by atoms with Crippen LogP contribution >= 0.6 is 0 Å². The Bertz CT molecular complexity index is 199. The van der Waals surface area contributed by atoms with Gasteiger partial charge < -0.3 is 0 Å². The Balaban J connectivity index is 4.29. The van der Waals surface area contributed by atoms with Crippen molar-refractivity contribution in [2.24, 2.45) is 10.9 Å². The van der Waals surface area contributed by atoms with Crippen LogP contribution in [0.2, 0.25) is 0 Å². The third-order valence-corrected chi connectivity index (χ3v) is 2.33. The number of nitrogens with zero attached hydrogens (tertiary/aromatic N) is 1. The van der Waals surface area contributed by atoms with Crippen LogP contribution in [0.1, 0.15) is 48.0 Å². The van der Waals surface area contributed by atoms with Crippen molar-refractivity contribution < 1.29 is 0 Å². The van der Waals surface area contributed by atoms with Gasteiger partial charge in [0.2, 0.25) is 0 Å². The third kappa shape index (κ3) is 5.62. The highest BCUT2D eigenvalue weighted by Gasteiger charge is 2.00. The lowest BCUT2D eigenvalue weighted by Crippen LogP contribution is -2.06. The first-order valence-electron chi connectivity index (χ1n) is 5.19. The maximum absolute atomic E-state index is 4.60. The van der Waals surface area contributed by atoms with Crippen LogP contribution < -0.4 is 0 Å². The topological polar surface area (TPSA) is 12.4 Å². The van der Waals surface area contributed by atoms with Gasteiger partial charge in [-0.2, -0.15) is 0 Å². The van der Waals surface area contributed by atoms with E-state index in [2.05, 4.69) is 52.6 Å². The van der Waals surface area contributed by atoms with E-state index in [1.807, 2.05) is 0 Å². The van der Waals surface area contributed by atoms with Crippen LogP contribution in [-0.4, -0.2) is 11.8 Å². The fraction of sp³-hybridized carbons (Fsp3) is 0.750. The summed E-state index contributed by atoms with van der Waals surface area (Å²) in [4.78, 5) is 4.60. The molecule has 0 saturated carbocycles. The lowest BCUT2D eigenvalue weighted by atomic mass is 10.1. The Morgan fingerprint density at radius 2 is 1.77 bits per heavy atom. The molecule has 0 aliphatic carbocycles. The summed E-state index contributed by atoms with van der Waals surface area (Å²) < 4.78 is 0. The van der Waals surface area contributed by atoms with Gasteiger partial charge >= 0.3 is 0 Å². The van der Waals surface area contributed by atoms with E-state index in [0.29, 0.717) is 12.0 Å². The van der Waals surface area contributed by atoms with Gasteiger partial charge in [0, 0.05) is 5.71 Å². The molecular formula is C12H23N. The molecule has 0 aromatic rings. The summed E-state index contributed by atoms with van der Waals surface area (Å²) in [5.74, 6) is 0.567. The Labute approximate surface area is 83.0 Å². The van der Waals surface area contributed by atoms with Gasteiger partial charge in [-0.1, -0.05) is 32.4 Å². The zero-order valence-corrected chi connectivity index (χ0v) is 9.89. The average molecular weight is 181 g/mol. The van der Waals surface area contributed by atoms with E-state index < -0.39 is 0 Å². The zero-order chi connectivity index (χ0) is 10.4. The number of rotatable bonds is 4. The number of hydrogen-bond donors (Lipinski definition) is 0. The fourth-order valence-corrected chi connectivity index (χ4v) is 1.04. The lowest BCUT2D eigenvalue weighted by molar-refractivity contribution is 0.830. The van der Waals surface area contributed by atoms with Gasteiger partial charge in [0.1, 0.15) is 0 Å². The van der Waals surface area contributed by atoms with Gasteiger partial charge in [0.15, 0.2) is 0 Å². The van der Waals surface area contributed by atoms with E-state index in [-0.39, 0.29) is 0 Å². The molecule has 0 amide bonds. The molecule has 0 aromatic carbocycles. The molecule has 0 saturated heterocycles. The van der Waals surface area contributed by atoms with Gasteiger partial charge in [0.05, 0.1) is 6.04 Å². The standard InChI is InChI=1S/C12H23N/c1-7-10(4)8-11(5)13-12(6)9(2)3/h8-9,11H,7H2,1-6H3. The Morgan fingerprint density at radius 1 is 1.23 bits per heavy atom. The first-order valence-corrected chi connectivity index (χ1v) is 5.19. The van der Waals surface area contributed by atoms with Crippen molar-refractivity contribution in [3.05, 3.63) is 11.6 Å². The van der Waals surface area contributed by atoms with Crippen LogP contribution in [0.4, 0.5) is 0 Å². The molecule has 0 bridgehead atoms. The molecule has 0 spiro atoms. The van der Waals surface area contributed by atoms with Crippen molar-refractivity contribution in [1.82, 2.24) is 0 Å². The predicted molar refractivity (Wildman–Crippen MR) is 61.5 cm³/mol. The van der Waals surface area contributed by atoms with Crippen LogP contribution in [-0.2, 0) is 0 Å². The van der Waals surface area contributed by atoms with Crippen molar-refractivity contribution in [2.75, 3.05) is 0 Å². The molecule has 0 aliphatic heterocycles. The number of allylic oxidation sites excluding steroid dienone is 1. The zero-order valence-electron chi connectivity index (χ0n) is 9.89. The average Bonchev–Trinajstić information content (AvgIpc) is 2.03. The van der Waals surface area contributed by atoms with Crippen LogP contribution in [0.3, 0.4) is 0 Å². The molecule has 0 radical (unpaired) electrons. The second-order valence-corrected chi connectivity index (χ2v) is 4.03. The summed E-state index contributed by atoms with van der Waals surface area (Å²) in [7, 11) is 0.